The summed E-state index contributed by atoms with van der Waals surface area (Å²) >= 11 is 0. The number of rotatable bonds is 5. The third-order valence-corrected chi connectivity index (χ3v) is 3.95. The molecule has 3 aromatic rings. The van der Waals surface area contributed by atoms with E-state index < -0.39 is 0 Å². The maximum absolute atomic E-state index is 5.83. The number of nitrogens with one attached hydrogen (secondary N) is 1. The molecule has 0 radical (unpaired) electrons. The molecule has 2 nitrogen and oxygen atoms in total. The molecule has 0 aliphatic carbocycles. The summed E-state index contributed by atoms with van der Waals surface area (Å²) in [5.41, 5.74) is 3.64. The Morgan fingerprint density at radius 3 is 2.52 bits per heavy atom. The highest BCUT2D eigenvalue weighted by molar-refractivity contribution is 5.77. The van der Waals surface area contributed by atoms with E-state index in [1.54, 1.807) is 0 Å². The maximum Gasteiger partial charge on any atom is 0.134 e. The van der Waals surface area contributed by atoms with Gasteiger partial charge in [-0.05, 0) is 36.6 Å². The van der Waals surface area contributed by atoms with Gasteiger partial charge in [-0.2, -0.15) is 0 Å². The van der Waals surface area contributed by atoms with Crippen molar-refractivity contribution in [3.8, 4) is 0 Å². The van der Waals surface area contributed by atoms with Crippen LogP contribution >= 0.6 is 0 Å². The SMILES string of the molecule is CCc1ccc(C(C)NCc2cc3ccccc3o2)cc1. The summed E-state index contributed by atoms with van der Waals surface area (Å²) in [6.45, 7) is 5.10. The van der Waals surface area contributed by atoms with E-state index in [1.165, 1.54) is 11.1 Å². The average molecular weight is 279 g/mol. The van der Waals surface area contributed by atoms with Crippen molar-refractivity contribution < 1.29 is 4.42 Å². The number of benzene rings is 2. The lowest BCUT2D eigenvalue weighted by molar-refractivity contribution is 0.482. The summed E-state index contributed by atoms with van der Waals surface area (Å²) in [4.78, 5) is 0. The molecule has 2 aromatic carbocycles. The predicted molar refractivity (Wildman–Crippen MR) is 87.3 cm³/mol. The molecule has 0 fully saturated rings. The number of fused-ring (bicyclic) bond motifs is 1. The van der Waals surface area contributed by atoms with E-state index >= 15 is 0 Å². The molecule has 0 saturated heterocycles. The van der Waals surface area contributed by atoms with Gasteiger partial charge in [-0.15, -0.1) is 0 Å². The Hall–Kier alpha value is -2.06. The van der Waals surface area contributed by atoms with Crippen molar-refractivity contribution in [1.29, 1.82) is 0 Å². The summed E-state index contributed by atoms with van der Waals surface area (Å²) in [7, 11) is 0. The van der Waals surface area contributed by atoms with Gasteiger partial charge in [0.25, 0.3) is 0 Å². The normalized spacial score (nSPS) is 12.7. The van der Waals surface area contributed by atoms with Crippen LogP contribution in [0.3, 0.4) is 0 Å². The average Bonchev–Trinajstić information content (AvgIpc) is 2.95. The monoisotopic (exact) mass is 279 g/mol. The lowest BCUT2D eigenvalue weighted by Crippen LogP contribution is -2.17. The van der Waals surface area contributed by atoms with Gasteiger partial charge in [-0.1, -0.05) is 49.4 Å². The number of para-hydroxylation sites is 1. The molecule has 108 valence electrons. The summed E-state index contributed by atoms with van der Waals surface area (Å²) < 4.78 is 5.83. The van der Waals surface area contributed by atoms with Crippen LogP contribution in [0.25, 0.3) is 11.0 Å². The van der Waals surface area contributed by atoms with E-state index in [2.05, 4.69) is 55.6 Å². The fraction of sp³-hybridized carbons (Fsp3) is 0.263. The second kappa shape index (κ2) is 6.15. The molecule has 1 aromatic heterocycles. The van der Waals surface area contributed by atoms with Crippen molar-refractivity contribution in [2.24, 2.45) is 0 Å². The summed E-state index contributed by atoms with van der Waals surface area (Å²) in [5.74, 6) is 0.980. The minimum atomic E-state index is 0.309. The molecule has 1 heterocycles. The first-order valence-electron chi connectivity index (χ1n) is 7.56. The fourth-order valence-electron chi connectivity index (χ4n) is 2.54. The highest BCUT2D eigenvalue weighted by atomic mass is 16.3. The van der Waals surface area contributed by atoms with E-state index in [4.69, 9.17) is 4.42 Å². The van der Waals surface area contributed by atoms with E-state index in [0.29, 0.717) is 6.04 Å². The lowest BCUT2D eigenvalue weighted by atomic mass is 10.1. The number of furan rings is 1. The topological polar surface area (TPSA) is 25.2 Å². The van der Waals surface area contributed by atoms with Crippen molar-refractivity contribution in [2.45, 2.75) is 32.9 Å². The maximum atomic E-state index is 5.83. The highest BCUT2D eigenvalue weighted by Gasteiger charge is 2.07. The summed E-state index contributed by atoms with van der Waals surface area (Å²) in [6, 6.07) is 19.3. The van der Waals surface area contributed by atoms with Crippen molar-refractivity contribution in [2.75, 3.05) is 0 Å². The Morgan fingerprint density at radius 1 is 1.05 bits per heavy atom. The minimum Gasteiger partial charge on any atom is -0.460 e. The first-order valence-corrected chi connectivity index (χ1v) is 7.56. The lowest BCUT2D eigenvalue weighted by Gasteiger charge is -2.13. The molecule has 21 heavy (non-hydrogen) atoms. The van der Waals surface area contributed by atoms with Crippen LogP contribution in [0.2, 0.25) is 0 Å². The third-order valence-electron chi connectivity index (χ3n) is 3.95. The van der Waals surface area contributed by atoms with Crippen LogP contribution < -0.4 is 5.32 Å². The van der Waals surface area contributed by atoms with Crippen LogP contribution in [-0.4, -0.2) is 0 Å². The van der Waals surface area contributed by atoms with Gasteiger partial charge in [0, 0.05) is 11.4 Å². The first-order chi connectivity index (χ1) is 10.3. The second-order valence-electron chi connectivity index (χ2n) is 5.45. The zero-order chi connectivity index (χ0) is 14.7. The van der Waals surface area contributed by atoms with Crippen LogP contribution in [0.1, 0.15) is 36.8 Å². The quantitative estimate of drug-likeness (QED) is 0.722. The van der Waals surface area contributed by atoms with E-state index in [0.717, 1.165) is 29.7 Å². The summed E-state index contributed by atoms with van der Waals surface area (Å²) in [6.07, 6.45) is 1.08. The molecule has 3 rings (SSSR count). The van der Waals surface area contributed by atoms with Gasteiger partial charge in [-0.3, -0.25) is 0 Å². The zero-order valence-electron chi connectivity index (χ0n) is 12.6. The molecule has 0 spiro atoms. The Bertz CT molecular complexity index is 679. The molecule has 0 amide bonds. The van der Waals surface area contributed by atoms with Crippen molar-refractivity contribution >= 4 is 11.0 Å². The smallest absolute Gasteiger partial charge is 0.134 e. The molecule has 2 heteroatoms. The van der Waals surface area contributed by atoms with Crippen LogP contribution in [0, 0.1) is 0 Å². The van der Waals surface area contributed by atoms with E-state index in [-0.39, 0.29) is 0 Å². The fourth-order valence-corrected chi connectivity index (χ4v) is 2.54. The van der Waals surface area contributed by atoms with Crippen molar-refractivity contribution in [3.05, 3.63) is 71.5 Å². The van der Waals surface area contributed by atoms with Gasteiger partial charge in [-0.25, -0.2) is 0 Å². The van der Waals surface area contributed by atoms with Gasteiger partial charge in [0.15, 0.2) is 0 Å². The van der Waals surface area contributed by atoms with Crippen molar-refractivity contribution in [3.63, 3.8) is 0 Å². The van der Waals surface area contributed by atoms with Crippen molar-refractivity contribution in [1.82, 2.24) is 5.32 Å². The number of hydrogen-bond donors (Lipinski definition) is 1. The molecular formula is C19H21NO. The molecular weight excluding hydrogens is 258 g/mol. The predicted octanol–water partition coefficient (Wildman–Crippen LogP) is 4.85. The van der Waals surface area contributed by atoms with Gasteiger partial charge in [0.05, 0.1) is 6.54 Å². The second-order valence-corrected chi connectivity index (χ2v) is 5.45. The van der Waals surface area contributed by atoms with E-state index in [1.807, 2.05) is 18.2 Å². The van der Waals surface area contributed by atoms with Crippen LogP contribution in [-0.2, 0) is 13.0 Å². The zero-order valence-corrected chi connectivity index (χ0v) is 12.6. The van der Waals surface area contributed by atoms with Crippen LogP contribution in [0.4, 0.5) is 0 Å². The van der Waals surface area contributed by atoms with Gasteiger partial charge in [0.2, 0.25) is 0 Å². The van der Waals surface area contributed by atoms with Crippen LogP contribution in [0.15, 0.2) is 59.0 Å². The van der Waals surface area contributed by atoms with Gasteiger partial charge in [0.1, 0.15) is 11.3 Å². The molecule has 0 aliphatic rings. The number of aryl methyl sites for hydroxylation is 1. The standard InChI is InChI=1S/C19H21NO/c1-3-15-8-10-16(11-9-15)14(2)20-13-18-12-17-6-4-5-7-19(17)21-18/h4-12,14,20H,3,13H2,1-2H3. The van der Waals surface area contributed by atoms with Gasteiger partial charge < -0.3 is 9.73 Å². The number of hydrogen-bond acceptors (Lipinski definition) is 2. The summed E-state index contributed by atoms with van der Waals surface area (Å²) in [5, 5.41) is 4.68. The molecule has 0 bridgehead atoms. The molecule has 1 unspecified atom stereocenters. The Morgan fingerprint density at radius 2 is 1.81 bits per heavy atom. The minimum absolute atomic E-state index is 0.309. The Balaban J connectivity index is 1.65. The third kappa shape index (κ3) is 3.17. The highest BCUT2D eigenvalue weighted by Crippen LogP contribution is 2.20. The Kier molecular flexibility index (Phi) is 4.07. The molecule has 1 N–H and O–H groups in total. The molecule has 0 saturated carbocycles. The molecule has 1 atom stereocenters. The molecule has 0 aliphatic heterocycles. The largest absolute Gasteiger partial charge is 0.460 e. The Labute approximate surface area is 125 Å². The van der Waals surface area contributed by atoms with E-state index in [9.17, 15) is 0 Å². The van der Waals surface area contributed by atoms with Gasteiger partial charge >= 0.3 is 0 Å². The first kappa shape index (κ1) is 13.9. The van der Waals surface area contributed by atoms with Crippen LogP contribution in [0.5, 0.6) is 0 Å².